The Hall–Kier alpha value is -3.45. The van der Waals surface area contributed by atoms with Crippen LogP contribution in [0.25, 0.3) is 16.7 Å². The second-order valence-electron chi connectivity index (χ2n) is 7.37. The van der Waals surface area contributed by atoms with Gasteiger partial charge in [0.05, 0.1) is 16.9 Å². The van der Waals surface area contributed by atoms with Crippen LogP contribution in [0.4, 0.5) is 5.69 Å². The zero-order chi connectivity index (χ0) is 20.8. The molecule has 1 aliphatic heterocycles. The zero-order valence-electron chi connectivity index (χ0n) is 16.2. The van der Waals surface area contributed by atoms with E-state index in [1.165, 1.54) is 21.8 Å². The zero-order valence-corrected chi connectivity index (χ0v) is 17.0. The fourth-order valence-electron chi connectivity index (χ4n) is 4.03. The molecule has 0 saturated heterocycles. The number of carbonyl (C=O) groups excluding carboxylic acids is 1. The Kier molecular flexibility index (Phi) is 4.40. The van der Waals surface area contributed by atoms with Gasteiger partial charge in [0.1, 0.15) is 18.3 Å². The van der Waals surface area contributed by atoms with E-state index in [-0.39, 0.29) is 24.1 Å². The molecule has 7 nitrogen and oxygen atoms in total. The average Bonchev–Trinajstić information content (AvgIpc) is 3.31. The molecule has 2 aromatic heterocycles. The molecule has 8 heteroatoms. The van der Waals surface area contributed by atoms with Crippen LogP contribution in [0.15, 0.2) is 65.8 Å². The summed E-state index contributed by atoms with van der Waals surface area (Å²) in [6, 6.07) is 15.1. The van der Waals surface area contributed by atoms with Crippen molar-refractivity contribution in [2.45, 2.75) is 25.9 Å². The highest BCUT2D eigenvalue weighted by Gasteiger charge is 2.30. The molecular formula is C22H18ClN5O2. The Morgan fingerprint density at radius 2 is 1.87 bits per heavy atom. The van der Waals surface area contributed by atoms with Crippen molar-refractivity contribution in [3.63, 3.8) is 0 Å². The van der Waals surface area contributed by atoms with Crippen molar-refractivity contribution in [2.24, 2.45) is 0 Å². The predicted molar refractivity (Wildman–Crippen MR) is 115 cm³/mol. The molecule has 30 heavy (non-hydrogen) atoms. The normalized spacial score (nSPS) is 15.5. The molecule has 0 fully saturated rings. The first kappa shape index (κ1) is 18.6. The molecule has 0 saturated carbocycles. The first-order chi connectivity index (χ1) is 14.5. The third kappa shape index (κ3) is 2.90. The van der Waals surface area contributed by atoms with E-state index >= 15 is 0 Å². The van der Waals surface area contributed by atoms with Crippen molar-refractivity contribution in [2.75, 3.05) is 4.90 Å². The minimum atomic E-state index is -0.313. The minimum absolute atomic E-state index is 0.0465. The lowest BCUT2D eigenvalue weighted by atomic mass is 10.1. The molecule has 0 N–H and O–H groups in total. The summed E-state index contributed by atoms with van der Waals surface area (Å²) < 4.78 is 2.86. The lowest BCUT2D eigenvalue weighted by molar-refractivity contribution is -0.119. The maximum atomic E-state index is 13.0. The maximum absolute atomic E-state index is 13.0. The number of hydrogen-bond acceptors (Lipinski definition) is 4. The van der Waals surface area contributed by atoms with Gasteiger partial charge in [0.25, 0.3) is 5.56 Å². The Labute approximate surface area is 177 Å². The van der Waals surface area contributed by atoms with Gasteiger partial charge in [0, 0.05) is 11.7 Å². The fourth-order valence-corrected chi connectivity index (χ4v) is 4.24. The molecule has 5 rings (SSSR count). The lowest BCUT2D eigenvalue weighted by Crippen LogP contribution is -2.40. The standard InChI is InChI=1S/C22H18ClN5O2/c1-14-10-15-6-2-4-8-18(15)27(14)20(29)12-26-13-24-21-16(22(26)30)11-25-28(21)19-9-5-3-7-17(19)23/h2-9,11,13-14H,10,12H2,1H3. The van der Waals surface area contributed by atoms with E-state index in [2.05, 4.69) is 10.1 Å². The number of carbonyl (C=O) groups is 1. The predicted octanol–water partition coefficient (Wildman–Crippen LogP) is 3.21. The van der Waals surface area contributed by atoms with E-state index in [1.807, 2.05) is 43.3 Å². The number of benzene rings is 2. The molecule has 1 unspecified atom stereocenters. The number of halogens is 1. The van der Waals surface area contributed by atoms with Crippen molar-refractivity contribution in [3.05, 3.63) is 82.0 Å². The molecule has 1 aliphatic rings. The van der Waals surface area contributed by atoms with Crippen molar-refractivity contribution >= 4 is 34.2 Å². The van der Waals surface area contributed by atoms with Crippen molar-refractivity contribution in [3.8, 4) is 5.69 Å². The van der Waals surface area contributed by atoms with Gasteiger partial charge in [-0.05, 0) is 37.1 Å². The third-order valence-electron chi connectivity index (χ3n) is 5.42. The highest BCUT2D eigenvalue weighted by molar-refractivity contribution is 6.32. The van der Waals surface area contributed by atoms with Gasteiger partial charge in [-0.25, -0.2) is 9.67 Å². The van der Waals surface area contributed by atoms with Gasteiger partial charge in [-0.1, -0.05) is 41.9 Å². The van der Waals surface area contributed by atoms with Crippen LogP contribution < -0.4 is 10.5 Å². The number of para-hydroxylation sites is 2. The van der Waals surface area contributed by atoms with Crippen molar-refractivity contribution < 1.29 is 4.79 Å². The number of nitrogens with zero attached hydrogens (tertiary/aromatic N) is 5. The maximum Gasteiger partial charge on any atom is 0.264 e. The molecule has 150 valence electrons. The Balaban J connectivity index is 1.49. The molecule has 0 bridgehead atoms. The highest BCUT2D eigenvalue weighted by Crippen LogP contribution is 2.32. The van der Waals surface area contributed by atoms with Crippen LogP contribution >= 0.6 is 11.6 Å². The van der Waals surface area contributed by atoms with E-state index in [9.17, 15) is 9.59 Å². The first-order valence-electron chi connectivity index (χ1n) is 9.62. The SMILES string of the molecule is CC1Cc2ccccc2N1C(=O)Cn1cnc2c(cnn2-c2ccccc2Cl)c1=O. The average molecular weight is 420 g/mol. The van der Waals surface area contributed by atoms with Crippen molar-refractivity contribution in [1.29, 1.82) is 0 Å². The van der Waals surface area contributed by atoms with Crippen LogP contribution in [-0.4, -0.2) is 31.3 Å². The number of anilines is 1. The molecule has 1 amide bonds. The lowest BCUT2D eigenvalue weighted by Gasteiger charge is -2.23. The van der Waals surface area contributed by atoms with Crippen LogP contribution in [-0.2, 0) is 17.8 Å². The smallest absolute Gasteiger partial charge is 0.264 e. The Morgan fingerprint density at radius 3 is 2.67 bits per heavy atom. The number of aromatic nitrogens is 4. The Bertz CT molecular complexity index is 1340. The van der Waals surface area contributed by atoms with Crippen LogP contribution in [0.5, 0.6) is 0 Å². The monoisotopic (exact) mass is 419 g/mol. The largest absolute Gasteiger partial charge is 0.307 e. The summed E-state index contributed by atoms with van der Waals surface area (Å²) in [7, 11) is 0. The summed E-state index contributed by atoms with van der Waals surface area (Å²) >= 11 is 6.26. The first-order valence-corrected chi connectivity index (χ1v) is 10.0. The van der Waals surface area contributed by atoms with E-state index in [0.29, 0.717) is 21.7 Å². The summed E-state index contributed by atoms with van der Waals surface area (Å²) in [4.78, 5) is 32.2. The summed E-state index contributed by atoms with van der Waals surface area (Å²) in [5.41, 5.74) is 2.77. The molecule has 2 aromatic carbocycles. The topological polar surface area (TPSA) is 73.0 Å². The summed E-state index contributed by atoms with van der Waals surface area (Å²) in [5.74, 6) is -0.144. The second kappa shape index (κ2) is 7.11. The molecule has 0 spiro atoms. The van der Waals surface area contributed by atoms with E-state index in [1.54, 1.807) is 17.0 Å². The van der Waals surface area contributed by atoms with Gasteiger partial charge in [-0.3, -0.25) is 14.2 Å². The second-order valence-corrected chi connectivity index (χ2v) is 7.78. The number of hydrogen-bond donors (Lipinski definition) is 0. The molecule has 0 radical (unpaired) electrons. The molecular weight excluding hydrogens is 402 g/mol. The van der Waals surface area contributed by atoms with Gasteiger partial charge < -0.3 is 4.90 Å². The van der Waals surface area contributed by atoms with Crippen LogP contribution in [0, 0.1) is 0 Å². The van der Waals surface area contributed by atoms with E-state index < -0.39 is 0 Å². The van der Waals surface area contributed by atoms with Crippen LogP contribution in [0.1, 0.15) is 12.5 Å². The highest BCUT2D eigenvalue weighted by atomic mass is 35.5. The van der Waals surface area contributed by atoms with Gasteiger partial charge in [0.15, 0.2) is 5.65 Å². The quantitative estimate of drug-likeness (QED) is 0.511. The summed E-state index contributed by atoms with van der Waals surface area (Å²) in [5, 5.41) is 5.13. The van der Waals surface area contributed by atoms with Crippen LogP contribution in [0.2, 0.25) is 5.02 Å². The Morgan fingerprint density at radius 1 is 1.13 bits per heavy atom. The van der Waals surface area contributed by atoms with Gasteiger partial charge in [-0.2, -0.15) is 5.10 Å². The summed E-state index contributed by atoms with van der Waals surface area (Å²) in [6.45, 7) is 1.92. The molecule has 1 atom stereocenters. The molecule has 4 aromatic rings. The third-order valence-corrected chi connectivity index (χ3v) is 5.74. The summed E-state index contributed by atoms with van der Waals surface area (Å²) in [6.07, 6.45) is 3.66. The van der Waals surface area contributed by atoms with Gasteiger partial charge in [0.2, 0.25) is 5.91 Å². The van der Waals surface area contributed by atoms with Gasteiger partial charge in [-0.15, -0.1) is 0 Å². The molecule has 0 aliphatic carbocycles. The van der Waals surface area contributed by atoms with Crippen LogP contribution in [0.3, 0.4) is 0 Å². The van der Waals surface area contributed by atoms with E-state index in [0.717, 1.165) is 17.7 Å². The van der Waals surface area contributed by atoms with Crippen molar-refractivity contribution in [1.82, 2.24) is 19.3 Å². The number of amides is 1. The minimum Gasteiger partial charge on any atom is -0.307 e. The van der Waals surface area contributed by atoms with Gasteiger partial charge >= 0.3 is 0 Å². The van der Waals surface area contributed by atoms with E-state index in [4.69, 9.17) is 11.6 Å². The fraction of sp³-hybridized carbons (Fsp3) is 0.182. The number of fused-ring (bicyclic) bond motifs is 2. The molecule has 3 heterocycles. The number of rotatable bonds is 3.